The van der Waals surface area contributed by atoms with Crippen LogP contribution in [0.15, 0.2) is 11.7 Å². The summed E-state index contributed by atoms with van der Waals surface area (Å²) < 4.78 is 92.8. The number of hydrogen-bond acceptors (Lipinski definition) is 0. The van der Waals surface area contributed by atoms with E-state index in [9.17, 15) is 35.1 Å². The summed E-state index contributed by atoms with van der Waals surface area (Å²) in [7, 11) is 0. The molecule has 0 nitrogen and oxygen atoms in total. The third kappa shape index (κ3) is 2.90. The molecule has 0 aromatic rings. The summed E-state index contributed by atoms with van der Waals surface area (Å²) in [4.78, 5) is 0. The van der Waals surface area contributed by atoms with E-state index in [4.69, 9.17) is 0 Å². The van der Waals surface area contributed by atoms with Gasteiger partial charge in [-0.15, -0.1) is 4.39 Å². The molecule has 0 bridgehead atoms. The van der Waals surface area contributed by atoms with Gasteiger partial charge in [-0.1, -0.05) is 0 Å². The second-order valence-electron chi connectivity index (χ2n) is 1.92. The Hall–Kier alpha value is -1.26. The van der Waals surface area contributed by atoms with Gasteiger partial charge < -0.3 is 0 Å². The first-order chi connectivity index (χ1) is 6.13. The van der Waals surface area contributed by atoms with Crippen LogP contribution in [0.25, 0.3) is 0 Å². The Labute approximate surface area is 72.2 Å². The SMILES string of the molecule is FC#CC(F)(F)C(F)=C(F)C(F)(F)F. The minimum Gasteiger partial charge on any atom is -0.201 e. The summed E-state index contributed by atoms with van der Waals surface area (Å²) in [5.41, 5.74) is 0. The van der Waals surface area contributed by atoms with Crippen molar-refractivity contribution in [3.8, 4) is 12.1 Å². The predicted octanol–water partition coefficient (Wildman–Crippen LogP) is 3.26. The van der Waals surface area contributed by atoms with Crippen molar-refractivity contribution in [1.29, 1.82) is 0 Å². The minimum atomic E-state index is -5.90. The van der Waals surface area contributed by atoms with Crippen LogP contribution in [0.1, 0.15) is 0 Å². The van der Waals surface area contributed by atoms with Crippen molar-refractivity contribution in [3.05, 3.63) is 11.7 Å². The van der Waals surface area contributed by atoms with Gasteiger partial charge in [0, 0.05) is 5.92 Å². The van der Waals surface area contributed by atoms with Gasteiger partial charge in [0.05, 0.1) is 0 Å². The van der Waals surface area contributed by atoms with E-state index in [2.05, 4.69) is 0 Å². The summed E-state index contributed by atoms with van der Waals surface area (Å²) in [6.07, 6.45) is -5.91. The Morgan fingerprint density at radius 1 is 0.857 bits per heavy atom. The first kappa shape index (κ1) is 12.7. The molecule has 0 unspecified atom stereocenters. The zero-order valence-electron chi connectivity index (χ0n) is 6.02. The molecule has 0 saturated carbocycles. The fraction of sp³-hybridized carbons (Fsp3) is 0.333. The van der Waals surface area contributed by atoms with Crippen molar-refractivity contribution in [1.82, 2.24) is 0 Å². The molecule has 0 aliphatic rings. The Bertz CT molecular complexity index is 298. The molecule has 0 rings (SSSR count). The van der Waals surface area contributed by atoms with Crippen LogP contribution in [-0.4, -0.2) is 12.1 Å². The maximum absolute atomic E-state index is 12.0. The van der Waals surface area contributed by atoms with Crippen LogP contribution in [0.3, 0.4) is 0 Å². The zero-order chi connectivity index (χ0) is 11.6. The van der Waals surface area contributed by atoms with E-state index in [0.717, 1.165) is 0 Å². The van der Waals surface area contributed by atoms with E-state index in [0.29, 0.717) is 0 Å². The Balaban J connectivity index is 5.27. The highest BCUT2D eigenvalue weighted by molar-refractivity contribution is 5.24. The monoisotopic (exact) mass is 224 g/mol. The summed E-state index contributed by atoms with van der Waals surface area (Å²) in [6.45, 7) is 0. The van der Waals surface area contributed by atoms with Crippen molar-refractivity contribution in [3.63, 3.8) is 0 Å². The van der Waals surface area contributed by atoms with E-state index in [1.165, 1.54) is 0 Å². The number of allylic oxidation sites excluding steroid dienone is 2. The second-order valence-corrected chi connectivity index (χ2v) is 1.92. The molecule has 0 spiro atoms. The number of halogens is 8. The van der Waals surface area contributed by atoms with Crippen LogP contribution in [0.4, 0.5) is 35.1 Å². The standard InChI is InChI=1S/C6F8/c7-2-1-5(10,11)3(8)4(9)6(12,13)14. The molecule has 0 heterocycles. The second kappa shape index (κ2) is 3.86. The van der Waals surface area contributed by atoms with Gasteiger partial charge in [-0.05, 0) is 0 Å². The van der Waals surface area contributed by atoms with Gasteiger partial charge in [0.1, 0.15) is 6.17 Å². The van der Waals surface area contributed by atoms with Gasteiger partial charge in [-0.3, -0.25) is 0 Å². The van der Waals surface area contributed by atoms with Crippen LogP contribution in [0.2, 0.25) is 0 Å². The average molecular weight is 224 g/mol. The quantitative estimate of drug-likeness (QED) is 0.473. The molecule has 0 atom stereocenters. The van der Waals surface area contributed by atoms with Crippen molar-refractivity contribution in [2.75, 3.05) is 0 Å². The molecule has 0 fully saturated rings. The lowest BCUT2D eigenvalue weighted by atomic mass is 10.2. The molecule has 0 radical (unpaired) electrons. The topological polar surface area (TPSA) is 0 Å². The predicted molar refractivity (Wildman–Crippen MR) is 29.1 cm³/mol. The first-order valence-corrected chi connectivity index (χ1v) is 2.76. The molecular weight excluding hydrogens is 224 g/mol. The molecule has 0 aliphatic carbocycles. The molecule has 0 amide bonds. The zero-order valence-corrected chi connectivity index (χ0v) is 6.02. The van der Waals surface area contributed by atoms with E-state index in [1.54, 1.807) is 0 Å². The fourth-order valence-electron chi connectivity index (χ4n) is 0.376. The van der Waals surface area contributed by atoms with Gasteiger partial charge in [-0.25, -0.2) is 4.39 Å². The highest BCUT2D eigenvalue weighted by Gasteiger charge is 2.46. The van der Waals surface area contributed by atoms with Crippen LogP contribution >= 0.6 is 0 Å². The maximum Gasteiger partial charge on any atom is 0.445 e. The molecule has 0 aromatic carbocycles. The van der Waals surface area contributed by atoms with Crippen LogP contribution in [0.5, 0.6) is 0 Å². The maximum atomic E-state index is 12.0. The van der Waals surface area contributed by atoms with Crippen molar-refractivity contribution >= 4 is 0 Å². The molecule has 0 N–H and O–H groups in total. The first-order valence-electron chi connectivity index (χ1n) is 2.76. The summed E-state index contributed by atoms with van der Waals surface area (Å²) in [5, 5.41) is 0. The molecule has 0 aromatic heterocycles. The van der Waals surface area contributed by atoms with Gasteiger partial charge in [-0.2, -0.15) is 26.3 Å². The highest BCUT2D eigenvalue weighted by Crippen LogP contribution is 2.36. The minimum absolute atomic E-state index is 0.0130. The van der Waals surface area contributed by atoms with Crippen molar-refractivity contribution in [2.45, 2.75) is 12.1 Å². The smallest absolute Gasteiger partial charge is 0.201 e. The van der Waals surface area contributed by atoms with E-state index in [1.807, 2.05) is 0 Å². The van der Waals surface area contributed by atoms with E-state index < -0.39 is 23.8 Å². The van der Waals surface area contributed by atoms with E-state index in [-0.39, 0.29) is 12.1 Å². The fourth-order valence-corrected chi connectivity index (χ4v) is 0.376. The van der Waals surface area contributed by atoms with Crippen LogP contribution in [-0.2, 0) is 0 Å². The molecule has 14 heavy (non-hydrogen) atoms. The van der Waals surface area contributed by atoms with Crippen LogP contribution < -0.4 is 0 Å². The highest BCUT2D eigenvalue weighted by atomic mass is 19.4. The number of alkyl halides is 5. The summed E-state index contributed by atoms with van der Waals surface area (Å²) in [6, 6.07) is 0. The third-order valence-electron chi connectivity index (χ3n) is 0.921. The summed E-state index contributed by atoms with van der Waals surface area (Å²) >= 11 is 0. The largest absolute Gasteiger partial charge is 0.445 e. The van der Waals surface area contributed by atoms with Crippen molar-refractivity contribution < 1.29 is 35.1 Å². The van der Waals surface area contributed by atoms with Crippen molar-refractivity contribution in [2.24, 2.45) is 0 Å². The Kier molecular flexibility index (Phi) is 3.51. The molecule has 8 heteroatoms. The lowest BCUT2D eigenvalue weighted by Crippen LogP contribution is -2.20. The van der Waals surface area contributed by atoms with Gasteiger partial charge in [0.15, 0.2) is 0 Å². The number of hydrogen-bond donors (Lipinski definition) is 0. The number of rotatable bonds is 1. The van der Waals surface area contributed by atoms with Gasteiger partial charge in [0.2, 0.25) is 11.7 Å². The third-order valence-corrected chi connectivity index (χ3v) is 0.921. The Morgan fingerprint density at radius 2 is 1.29 bits per heavy atom. The van der Waals surface area contributed by atoms with Gasteiger partial charge >= 0.3 is 12.1 Å². The lowest BCUT2D eigenvalue weighted by molar-refractivity contribution is -0.114. The van der Waals surface area contributed by atoms with E-state index >= 15 is 0 Å². The molecule has 0 saturated heterocycles. The average Bonchev–Trinajstić information content (AvgIpc) is 2.00. The molecule has 80 valence electrons. The van der Waals surface area contributed by atoms with Crippen LogP contribution in [0, 0.1) is 12.1 Å². The van der Waals surface area contributed by atoms with Gasteiger partial charge in [0.25, 0.3) is 0 Å². The molecular formula is C6F8. The summed E-state index contributed by atoms with van der Waals surface area (Å²) in [5.74, 6) is -12.1. The Morgan fingerprint density at radius 3 is 1.57 bits per heavy atom. The molecule has 0 aliphatic heterocycles. The normalized spacial score (nSPS) is 14.3. The lowest BCUT2D eigenvalue weighted by Gasteiger charge is -2.09.